The summed E-state index contributed by atoms with van der Waals surface area (Å²) in [5.41, 5.74) is 3.69. The Bertz CT molecular complexity index is 449. The molecule has 0 aromatic heterocycles. The first-order chi connectivity index (χ1) is 7.52. The quantitative estimate of drug-likeness (QED) is 0.767. The summed E-state index contributed by atoms with van der Waals surface area (Å²) in [6.45, 7) is 6.30. The van der Waals surface area contributed by atoms with Crippen molar-refractivity contribution in [2.45, 2.75) is 49.7 Å². The fourth-order valence-electron chi connectivity index (χ4n) is 3.30. The molecular weight excluding hydrogens is 216 g/mol. The van der Waals surface area contributed by atoms with Crippen LogP contribution in [0.25, 0.3) is 0 Å². The Morgan fingerprint density at radius 1 is 1.12 bits per heavy atom. The van der Waals surface area contributed by atoms with Crippen LogP contribution >= 0.6 is 0 Å². The Labute approximate surface area is 99.7 Å². The molecule has 3 saturated carbocycles. The number of hydrogen-bond acceptors (Lipinski definition) is 1. The lowest BCUT2D eigenvalue weighted by atomic mass is 9.55. The lowest BCUT2D eigenvalue weighted by molar-refractivity contribution is 0.0530. The van der Waals surface area contributed by atoms with Crippen LogP contribution in [0.15, 0.2) is 17.0 Å². The maximum Gasteiger partial charge on any atom is 0.0597 e. The summed E-state index contributed by atoms with van der Waals surface area (Å²) in [7, 11) is -0.772. The topological polar surface area (TPSA) is 17.1 Å². The molecule has 3 aliphatic rings. The lowest BCUT2D eigenvalue weighted by Gasteiger charge is -2.60. The van der Waals surface area contributed by atoms with Crippen LogP contribution in [0.3, 0.4) is 0 Å². The predicted molar refractivity (Wildman–Crippen MR) is 67.1 cm³/mol. The highest BCUT2D eigenvalue weighted by molar-refractivity contribution is 7.86. The summed E-state index contributed by atoms with van der Waals surface area (Å²) in [5.74, 6) is 0.898. The summed E-state index contributed by atoms with van der Waals surface area (Å²) in [5, 5.41) is 0. The van der Waals surface area contributed by atoms with E-state index in [1.165, 1.54) is 36.0 Å². The van der Waals surface area contributed by atoms with Crippen molar-refractivity contribution in [1.82, 2.24) is 0 Å². The zero-order valence-electron chi connectivity index (χ0n) is 10.2. The standard InChI is InChI=1S/C14H18OS/c1-9-4-10(2)13(11(3)5-9)16(15)14-6-12(7-14)8-14/h4-5,12H,6-8H2,1-3H3. The molecule has 2 bridgehead atoms. The van der Waals surface area contributed by atoms with E-state index in [1.54, 1.807) is 0 Å². The summed E-state index contributed by atoms with van der Waals surface area (Å²) in [6, 6.07) is 4.32. The third kappa shape index (κ3) is 1.26. The molecule has 1 nitrogen and oxygen atoms in total. The fraction of sp³-hybridized carbons (Fsp3) is 0.571. The molecule has 3 aliphatic carbocycles. The van der Waals surface area contributed by atoms with Gasteiger partial charge in [-0.15, -0.1) is 0 Å². The first kappa shape index (κ1) is 10.5. The van der Waals surface area contributed by atoms with Gasteiger partial charge in [0.1, 0.15) is 0 Å². The van der Waals surface area contributed by atoms with Gasteiger partial charge in [0.2, 0.25) is 0 Å². The van der Waals surface area contributed by atoms with Crippen molar-refractivity contribution in [1.29, 1.82) is 0 Å². The Morgan fingerprint density at radius 2 is 1.62 bits per heavy atom. The van der Waals surface area contributed by atoms with Crippen LogP contribution in [0.5, 0.6) is 0 Å². The highest BCUT2D eigenvalue weighted by Gasteiger charge is 2.61. The zero-order valence-corrected chi connectivity index (χ0v) is 11.0. The Kier molecular flexibility index (Phi) is 2.10. The Morgan fingerprint density at radius 3 is 2.00 bits per heavy atom. The predicted octanol–water partition coefficient (Wildman–Crippen LogP) is 3.27. The third-order valence-corrected chi connectivity index (χ3v) is 6.47. The van der Waals surface area contributed by atoms with E-state index in [0.717, 1.165) is 10.8 Å². The molecule has 1 aromatic carbocycles. The van der Waals surface area contributed by atoms with Gasteiger partial charge in [-0.2, -0.15) is 0 Å². The van der Waals surface area contributed by atoms with Crippen LogP contribution in [0.4, 0.5) is 0 Å². The third-order valence-electron chi connectivity index (χ3n) is 4.17. The second-order valence-corrected chi connectivity index (χ2v) is 7.47. The van der Waals surface area contributed by atoms with Gasteiger partial charge < -0.3 is 0 Å². The zero-order chi connectivity index (χ0) is 11.5. The van der Waals surface area contributed by atoms with Gasteiger partial charge >= 0.3 is 0 Å². The Balaban J connectivity index is 2.03. The minimum atomic E-state index is -0.772. The maximum absolute atomic E-state index is 12.7. The van der Waals surface area contributed by atoms with Crippen molar-refractivity contribution < 1.29 is 4.21 Å². The van der Waals surface area contributed by atoms with Crippen molar-refractivity contribution in [3.05, 3.63) is 28.8 Å². The smallest absolute Gasteiger partial charge is 0.0597 e. The van der Waals surface area contributed by atoms with Crippen LogP contribution in [0, 0.1) is 26.7 Å². The van der Waals surface area contributed by atoms with Crippen molar-refractivity contribution >= 4 is 10.8 Å². The summed E-state index contributed by atoms with van der Waals surface area (Å²) >= 11 is 0. The van der Waals surface area contributed by atoms with Crippen LogP contribution < -0.4 is 0 Å². The first-order valence-electron chi connectivity index (χ1n) is 6.02. The fourth-order valence-corrected chi connectivity index (χ4v) is 5.60. The molecule has 0 spiro atoms. The molecule has 0 aliphatic heterocycles. The summed E-state index contributed by atoms with van der Waals surface area (Å²) in [4.78, 5) is 1.11. The first-order valence-corrected chi connectivity index (χ1v) is 7.16. The van der Waals surface area contributed by atoms with Gasteiger partial charge in [-0.05, 0) is 57.1 Å². The van der Waals surface area contributed by atoms with E-state index in [0.29, 0.717) is 0 Å². The van der Waals surface area contributed by atoms with Gasteiger partial charge in [0.25, 0.3) is 0 Å². The van der Waals surface area contributed by atoms with Crippen molar-refractivity contribution in [3.63, 3.8) is 0 Å². The second kappa shape index (κ2) is 3.19. The SMILES string of the molecule is Cc1cc(C)c(S(=O)C23CC(C2)C3)c(C)c1. The molecule has 1 aromatic rings. The molecule has 16 heavy (non-hydrogen) atoms. The highest BCUT2D eigenvalue weighted by atomic mass is 32.2. The summed E-state index contributed by atoms with van der Waals surface area (Å²) < 4.78 is 12.8. The molecule has 86 valence electrons. The normalized spacial score (nSPS) is 32.8. The van der Waals surface area contributed by atoms with E-state index in [4.69, 9.17) is 0 Å². The molecule has 2 heteroatoms. The van der Waals surface area contributed by atoms with Gasteiger partial charge in [-0.3, -0.25) is 4.21 Å². The molecule has 3 fully saturated rings. The van der Waals surface area contributed by atoms with E-state index >= 15 is 0 Å². The maximum atomic E-state index is 12.7. The van der Waals surface area contributed by atoms with E-state index < -0.39 is 10.8 Å². The van der Waals surface area contributed by atoms with Crippen LogP contribution in [0.1, 0.15) is 36.0 Å². The minimum Gasteiger partial charge on any atom is -0.254 e. The molecule has 1 unspecified atom stereocenters. The molecule has 4 rings (SSSR count). The van der Waals surface area contributed by atoms with Crippen LogP contribution in [-0.2, 0) is 10.8 Å². The van der Waals surface area contributed by atoms with Gasteiger partial charge in [0.05, 0.1) is 15.5 Å². The van der Waals surface area contributed by atoms with Gasteiger partial charge in [0, 0.05) is 4.90 Å². The number of aryl methyl sites for hydroxylation is 3. The van der Waals surface area contributed by atoms with Gasteiger partial charge in [-0.25, -0.2) is 0 Å². The van der Waals surface area contributed by atoms with E-state index in [2.05, 4.69) is 32.9 Å². The number of rotatable bonds is 2. The van der Waals surface area contributed by atoms with Crippen molar-refractivity contribution in [3.8, 4) is 0 Å². The second-order valence-electron chi connectivity index (χ2n) is 5.66. The molecule has 0 radical (unpaired) electrons. The summed E-state index contributed by atoms with van der Waals surface area (Å²) in [6.07, 6.45) is 3.60. The van der Waals surface area contributed by atoms with Crippen molar-refractivity contribution in [2.75, 3.05) is 0 Å². The monoisotopic (exact) mass is 234 g/mol. The van der Waals surface area contributed by atoms with E-state index in [9.17, 15) is 4.21 Å². The van der Waals surface area contributed by atoms with Gasteiger partial charge in [-0.1, -0.05) is 17.7 Å². The van der Waals surface area contributed by atoms with Crippen LogP contribution in [-0.4, -0.2) is 8.96 Å². The van der Waals surface area contributed by atoms with E-state index in [1.807, 2.05) is 0 Å². The van der Waals surface area contributed by atoms with Crippen LogP contribution in [0.2, 0.25) is 0 Å². The highest BCUT2D eigenvalue weighted by Crippen LogP contribution is 2.62. The number of benzene rings is 1. The van der Waals surface area contributed by atoms with Crippen molar-refractivity contribution in [2.24, 2.45) is 5.92 Å². The average molecular weight is 234 g/mol. The molecule has 0 saturated heterocycles. The van der Waals surface area contributed by atoms with Gasteiger partial charge in [0.15, 0.2) is 0 Å². The van der Waals surface area contributed by atoms with E-state index in [-0.39, 0.29) is 4.75 Å². The molecule has 0 heterocycles. The number of hydrogen-bond donors (Lipinski definition) is 0. The Hall–Kier alpha value is -0.630. The molecule has 1 atom stereocenters. The average Bonchev–Trinajstić information content (AvgIpc) is 1.94. The largest absolute Gasteiger partial charge is 0.254 e. The molecule has 0 amide bonds. The lowest BCUT2D eigenvalue weighted by Crippen LogP contribution is -2.60. The molecule has 0 N–H and O–H groups in total. The minimum absolute atomic E-state index is 0.176. The molecular formula is C14H18OS.